The number of rotatable bonds is 77. The first-order valence-electron chi connectivity index (χ1n) is 41.4. The molecule has 0 amide bonds. The Hall–Kier alpha value is -3.79. The number of hydrogen-bond donors (Lipinski definition) is 0. The maximum Gasteiger partial charge on any atom is 0.306 e. The number of aliphatic carboxylic acids is 1. The van der Waals surface area contributed by atoms with Crippen molar-refractivity contribution in [3.8, 4) is 0 Å². The summed E-state index contributed by atoms with van der Waals surface area (Å²) in [4.78, 5) is 37.6. The second kappa shape index (κ2) is 77.9. The fourth-order valence-corrected chi connectivity index (χ4v) is 12.0. The molecule has 9 nitrogen and oxygen atoms in total. The van der Waals surface area contributed by atoms with Crippen LogP contribution in [0.15, 0.2) is 97.2 Å². The number of hydrogen-bond acceptors (Lipinski definition) is 8. The Labute approximate surface area is 601 Å². The third-order valence-electron chi connectivity index (χ3n) is 18.3. The molecule has 9 heteroatoms. The number of nitrogens with zero attached hydrogens (tertiary/aromatic N) is 1. The number of unbranched alkanes of at least 4 members (excludes halogenated alkanes) is 46. The van der Waals surface area contributed by atoms with Crippen molar-refractivity contribution in [2.24, 2.45) is 0 Å². The highest BCUT2D eigenvalue weighted by Gasteiger charge is 2.22. The average Bonchev–Trinajstić information content (AvgIpc) is 2.39. The number of quaternary nitrogens is 1. The SMILES string of the molecule is CC/C=C\C/C=C\C/C=C\C/C=C\C/C=C\C/C=C\CCCCCCCCCCCCCCC(=O)OC(COC(=O)CCCCCCCCCCCCCCCCCCCCCCCCCCCCCCC/C=C\C/C=C\CCCCCCC)COC(OCC[N+](C)(C)C)C(=O)[O-]. The van der Waals surface area contributed by atoms with Gasteiger partial charge in [-0.2, -0.15) is 0 Å². The van der Waals surface area contributed by atoms with E-state index in [0.717, 1.165) is 83.5 Å². The second-order valence-corrected chi connectivity index (χ2v) is 29.0. The van der Waals surface area contributed by atoms with E-state index in [1.165, 1.54) is 270 Å². The first kappa shape index (κ1) is 93.2. The molecule has 2 unspecified atom stereocenters. The normalized spacial score (nSPS) is 13.1. The minimum Gasteiger partial charge on any atom is -0.545 e. The highest BCUT2D eigenvalue weighted by atomic mass is 16.7. The number of ether oxygens (including phenoxy) is 4. The Morgan fingerprint density at radius 3 is 0.876 bits per heavy atom. The van der Waals surface area contributed by atoms with Gasteiger partial charge in [-0.1, -0.05) is 374 Å². The van der Waals surface area contributed by atoms with Gasteiger partial charge in [0, 0.05) is 12.8 Å². The number of likely N-dealkylation sites (N-methyl/N-ethyl adjacent to an activating group) is 1. The van der Waals surface area contributed by atoms with Gasteiger partial charge in [0.2, 0.25) is 0 Å². The summed E-state index contributed by atoms with van der Waals surface area (Å²) in [6, 6.07) is 0. The number of carbonyl (C=O) groups is 3. The van der Waals surface area contributed by atoms with Gasteiger partial charge in [0.25, 0.3) is 0 Å². The molecule has 0 spiro atoms. The zero-order valence-corrected chi connectivity index (χ0v) is 64.4. The summed E-state index contributed by atoms with van der Waals surface area (Å²) in [6.07, 6.45) is 105. The van der Waals surface area contributed by atoms with E-state index >= 15 is 0 Å². The maximum atomic E-state index is 13.0. The van der Waals surface area contributed by atoms with Crippen LogP contribution in [0.1, 0.15) is 386 Å². The van der Waals surface area contributed by atoms with E-state index in [2.05, 4.69) is 111 Å². The molecule has 0 fully saturated rings. The lowest BCUT2D eigenvalue weighted by atomic mass is 10.0. The summed E-state index contributed by atoms with van der Waals surface area (Å²) in [5.74, 6) is -2.27. The molecule has 0 aromatic carbocycles. The van der Waals surface area contributed by atoms with Crippen molar-refractivity contribution in [3.05, 3.63) is 97.2 Å². The van der Waals surface area contributed by atoms with E-state index in [-0.39, 0.29) is 32.2 Å². The topological polar surface area (TPSA) is 111 Å². The van der Waals surface area contributed by atoms with Crippen LogP contribution in [-0.2, 0) is 33.3 Å². The van der Waals surface area contributed by atoms with Gasteiger partial charge in [-0.15, -0.1) is 0 Å². The standard InChI is InChI=1S/C88H157NO8/c1-6-8-10-12-14-16-18-20-22-24-26-28-30-32-34-36-38-39-40-41-42-43-44-45-46-47-49-50-52-54-56-58-60-62-64-66-68-70-72-74-76-78-85(90)95-82-84(83-96-88(87(92)93)94-81-80-89(3,4)5)97-86(91)79-77-75-73-71-69-67-65-63-61-59-57-55-53-51-48-37-35-33-31-29-27-25-23-21-19-17-15-13-11-9-7-2/h9,11,15,17-18,20-21,23-24,26-27,29,33,35,48,51,84,88H,6-8,10,12-14,16,19,22,25,28,30-32,34,36-47,49-50,52-83H2,1-5H3/b11-9-,17-15-,20-18-,23-21-,26-24-,29-27-,35-33-,51-48-. The lowest BCUT2D eigenvalue weighted by Crippen LogP contribution is -2.44. The molecule has 0 aliphatic carbocycles. The summed E-state index contributed by atoms with van der Waals surface area (Å²) in [5.41, 5.74) is 0. The predicted molar refractivity (Wildman–Crippen MR) is 417 cm³/mol. The Balaban J connectivity index is 3.96. The number of carbonyl (C=O) groups excluding carboxylic acids is 3. The largest absolute Gasteiger partial charge is 0.545 e. The predicted octanol–water partition coefficient (Wildman–Crippen LogP) is 25.4. The Morgan fingerprint density at radius 1 is 0.320 bits per heavy atom. The Bertz CT molecular complexity index is 1920. The van der Waals surface area contributed by atoms with Crippen molar-refractivity contribution in [2.45, 2.75) is 399 Å². The van der Waals surface area contributed by atoms with Crippen LogP contribution in [0.2, 0.25) is 0 Å². The van der Waals surface area contributed by atoms with Gasteiger partial charge in [0.1, 0.15) is 13.2 Å². The molecule has 0 radical (unpaired) electrons. The Morgan fingerprint density at radius 2 is 0.588 bits per heavy atom. The molecule has 0 heterocycles. The highest BCUT2D eigenvalue weighted by Crippen LogP contribution is 2.19. The zero-order valence-electron chi connectivity index (χ0n) is 64.4. The number of carboxylic acid groups (broad SMARTS) is 1. The number of esters is 2. The van der Waals surface area contributed by atoms with Gasteiger partial charge in [-0.05, 0) is 96.3 Å². The molecular formula is C88H157NO8. The third kappa shape index (κ3) is 79.4. The monoisotopic (exact) mass is 1360 g/mol. The lowest BCUT2D eigenvalue weighted by molar-refractivity contribution is -0.870. The number of carboxylic acids is 1. The zero-order chi connectivity index (χ0) is 70.4. The molecular weight excluding hydrogens is 1200 g/mol. The Kier molecular flexibility index (Phi) is 74.9. The van der Waals surface area contributed by atoms with E-state index < -0.39 is 24.3 Å². The van der Waals surface area contributed by atoms with Gasteiger partial charge in [-0.25, -0.2) is 0 Å². The lowest BCUT2D eigenvalue weighted by Gasteiger charge is -2.26. The fraction of sp³-hybridized carbons (Fsp3) is 0.784. The average molecular weight is 1360 g/mol. The molecule has 0 saturated heterocycles. The quantitative estimate of drug-likeness (QED) is 0.0195. The van der Waals surface area contributed by atoms with Crippen LogP contribution in [-0.4, -0.2) is 82.3 Å². The van der Waals surface area contributed by atoms with Crippen LogP contribution in [0, 0.1) is 0 Å². The highest BCUT2D eigenvalue weighted by molar-refractivity contribution is 5.70. The van der Waals surface area contributed by atoms with Crippen molar-refractivity contribution >= 4 is 17.9 Å². The molecule has 0 aliphatic rings. The molecule has 0 aliphatic heterocycles. The van der Waals surface area contributed by atoms with E-state index in [1.807, 2.05) is 21.1 Å². The van der Waals surface area contributed by atoms with Gasteiger partial charge in [-0.3, -0.25) is 9.59 Å². The van der Waals surface area contributed by atoms with Crippen molar-refractivity contribution in [3.63, 3.8) is 0 Å². The minimum absolute atomic E-state index is 0.146. The fourth-order valence-electron chi connectivity index (χ4n) is 12.0. The third-order valence-corrected chi connectivity index (χ3v) is 18.3. The first-order chi connectivity index (χ1) is 47.6. The number of allylic oxidation sites excluding steroid dienone is 16. The molecule has 0 rings (SSSR count). The molecule has 0 aromatic heterocycles. The van der Waals surface area contributed by atoms with Crippen LogP contribution in [0.25, 0.3) is 0 Å². The molecule has 0 aromatic rings. The van der Waals surface area contributed by atoms with Gasteiger partial charge in [0.15, 0.2) is 12.4 Å². The van der Waals surface area contributed by atoms with Crippen molar-refractivity contribution < 1.29 is 42.9 Å². The molecule has 0 saturated carbocycles. The van der Waals surface area contributed by atoms with E-state index in [0.29, 0.717) is 23.9 Å². The second-order valence-electron chi connectivity index (χ2n) is 29.0. The minimum atomic E-state index is -1.63. The summed E-state index contributed by atoms with van der Waals surface area (Å²) >= 11 is 0. The van der Waals surface area contributed by atoms with Crippen LogP contribution in [0.4, 0.5) is 0 Å². The summed E-state index contributed by atoms with van der Waals surface area (Å²) in [6.45, 7) is 4.67. The molecule has 0 bridgehead atoms. The van der Waals surface area contributed by atoms with Crippen LogP contribution in [0.5, 0.6) is 0 Å². The summed E-state index contributed by atoms with van der Waals surface area (Å²) in [5, 5.41) is 11.9. The van der Waals surface area contributed by atoms with Crippen molar-refractivity contribution in [1.82, 2.24) is 0 Å². The van der Waals surface area contributed by atoms with Crippen LogP contribution in [0.3, 0.4) is 0 Å². The molecule has 562 valence electrons. The van der Waals surface area contributed by atoms with Crippen LogP contribution >= 0.6 is 0 Å². The van der Waals surface area contributed by atoms with Gasteiger partial charge in [0.05, 0.1) is 40.3 Å². The van der Waals surface area contributed by atoms with E-state index in [9.17, 15) is 19.5 Å². The van der Waals surface area contributed by atoms with Crippen molar-refractivity contribution in [2.75, 3.05) is 47.5 Å². The molecule has 97 heavy (non-hydrogen) atoms. The van der Waals surface area contributed by atoms with E-state index in [1.54, 1.807) is 0 Å². The molecule has 2 atom stereocenters. The van der Waals surface area contributed by atoms with Gasteiger partial charge < -0.3 is 33.3 Å². The van der Waals surface area contributed by atoms with E-state index in [4.69, 9.17) is 18.9 Å². The maximum absolute atomic E-state index is 13.0. The molecule has 0 N–H and O–H groups in total. The summed E-state index contributed by atoms with van der Waals surface area (Å²) < 4.78 is 22.9. The van der Waals surface area contributed by atoms with Crippen molar-refractivity contribution in [1.29, 1.82) is 0 Å². The smallest absolute Gasteiger partial charge is 0.306 e. The van der Waals surface area contributed by atoms with Crippen LogP contribution < -0.4 is 5.11 Å². The van der Waals surface area contributed by atoms with Gasteiger partial charge >= 0.3 is 11.9 Å². The first-order valence-corrected chi connectivity index (χ1v) is 41.4. The summed E-state index contributed by atoms with van der Waals surface area (Å²) in [7, 11) is 5.94.